The third kappa shape index (κ3) is 3.80. The second kappa shape index (κ2) is 5.85. The number of nitrogen functional groups attached to an aromatic ring is 1. The largest absolute Gasteiger partial charge is 0.487 e. The Kier molecular flexibility index (Phi) is 4.67. The monoisotopic (exact) mass is 290 g/mol. The van der Waals surface area contributed by atoms with Gasteiger partial charge in [-0.3, -0.25) is 14.7 Å². The van der Waals surface area contributed by atoms with E-state index in [0.717, 1.165) is 12.5 Å². The van der Waals surface area contributed by atoms with Gasteiger partial charge in [0, 0.05) is 12.1 Å². The third-order valence-electron chi connectivity index (χ3n) is 2.32. The number of nitrogens with two attached hydrogens (primary N) is 1. The van der Waals surface area contributed by atoms with Crippen LogP contribution in [0.25, 0.3) is 0 Å². The Morgan fingerprint density at radius 2 is 2.11 bits per heavy atom. The molecule has 106 valence electrons. The first-order chi connectivity index (χ1) is 8.77. The van der Waals surface area contributed by atoms with Gasteiger partial charge in [-0.1, -0.05) is 13.3 Å². The van der Waals surface area contributed by atoms with Gasteiger partial charge >= 0.3 is 5.69 Å². The van der Waals surface area contributed by atoms with Gasteiger partial charge in [0.25, 0.3) is 10.1 Å². The molecule has 0 aromatic heterocycles. The Morgan fingerprint density at radius 1 is 1.47 bits per heavy atom. The van der Waals surface area contributed by atoms with E-state index < -0.39 is 25.6 Å². The summed E-state index contributed by atoms with van der Waals surface area (Å²) < 4.78 is 36.1. The molecule has 0 fully saturated rings. The molecule has 0 amide bonds. The van der Waals surface area contributed by atoms with Crippen LogP contribution >= 0.6 is 0 Å². The maximum absolute atomic E-state index is 11.0. The summed E-state index contributed by atoms with van der Waals surface area (Å²) in [4.78, 5) is 9.35. The number of nitrogens with zero attached hydrogens (tertiary/aromatic N) is 1. The molecule has 1 aromatic rings. The van der Waals surface area contributed by atoms with Gasteiger partial charge in [-0.2, -0.15) is 8.42 Å². The molecule has 8 nitrogen and oxygen atoms in total. The summed E-state index contributed by atoms with van der Waals surface area (Å²) in [6, 6.07) is 1.71. The number of benzene rings is 1. The van der Waals surface area contributed by atoms with Crippen molar-refractivity contribution in [3.05, 3.63) is 22.2 Å². The van der Waals surface area contributed by atoms with Gasteiger partial charge in [0.2, 0.25) is 0 Å². The summed E-state index contributed by atoms with van der Waals surface area (Å²) in [5.41, 5.74) is 4.58. The van der Waals surface area contributed by atoms with Crippen LogP contribution < -0.4 is 10.5 Å². The van der Waals surface area contributed by atoms with Crippen molar-refractivity contribution in [2.45, 2.75) is 24.7 Å². The van der Waals surface area contributed by atoms with E-state index in [1.54, 1.807) is 0 Å². The summed E-state index contributed by atoms with van der Waals surface area (Å²) in [7, 11) is -4.62. The number of unbranched alkanes of at least 4 members (excludes halogenated alkanes) is 1. The van der Waals surface area contributed by atoms with Gasteiger partial charge < -0.3 is 10.5 Å². The number of hydrogen-bond donors (Lipinski definition) is 2. The van der Waals surface area contributed by atoms with Crippen LogP contribution in [0.2, 0.25) is 0 Å². The van der Waals surface area contributed by atoms with Crippen LogP contribution in [0.15, 0.2) is 17.0 Å². The lowest BCUT2D eigenvalue weighted by Gasteiger charge is -2.09. The standard InChI is InChI=1S/C10H14N2O6S/c1-2-3-4-18-9-5-7(11)10(19(15,16)17)6-8(9)12(13)14/h5-6H,2-4,11H2,1H3,(H,15,16,17). The van der Waals surface area contributed by atoms with E-state index in [1.807, 2.05) is 6.92 Å². The average Bonchev–Trinajstić information content (AvgIpc) is 2.27. The van der Waals surface area contributed by atoms with Crippen molar-refractivity contribution < 1.29 is 22.6 Å². The predicted molar refractivity (Wildman–Crippen MR) is 67.7 cm³/mol. The predicted octanol–water partition coefficient (Wildman–Crippen LogP) is 1.60. The average molecular weight is 290 g/mol. The van der Waals surface area contributed by atoms with E-state index in [0.29, 0.717) is 12.5 Å². The maximum atomic E-state index is 11.0. The smallest absolute Gasteiger partial charge is 0.312 e. The summed E-state index contributed by atoms with van der Waals surface area (Å²) in [5, 5.41) is 10.9. The van der Waals surface area contributed by atoms with E-state index in [2.05, 4.69) is 0 Å². The zero-order valence-corrected chi connectivity index (χ0v) is 11.0. The molecule has 0 saturated carbocycles. The highest BCUT2D eigenvalue weighted by molar-refractivity contribution is 7.86. The highest BCUT2D eigenvalue weighted by Crippen LogP contribution is 2.34. The molecule has 0 saturated heterocycles. The van der Waals surface area contributed by atoms with Crippen LogP contribution in [0.5, 0.6) is 5.75 Å². The molecule has 0 spiro atoms. The Morgan fingerprint density at radius 3 is 2.58 bits per heavy atom. The molecule has 0 atom stereocenters. The molecular weight excluding hydrogens is 276 g/mol. The van der Waals surface area contributed by atoms with Gasteiger partial charge in [0.05, 0.1) is 17.2 Å². The molecule has 0 aliphatic carbocycles. The van der Waals surface area contributed by atoms with E-state index in [4.69, 9.17) is 15.0 Å². The van der Waals surface area contributed by atoms with Crippen molar-refractivity contribution in [3.8, 4) is 5.75 Å². The summed E-state index contributed by atoms with van der Waals surface area (Å²) in [6.07, 6.45) is 1.53. The first kappa shape index (κ1) is 15.2. The van der Waals surface area contributed by atoms with Crippen LogP contribution in [-0.2, 0) is 10.1 Å². The topological polar surface area (TPSA) is 133 Å². The second-order valence-electron chi connectivity index (χ2n) is 3.79. The summed E-state index contributed by atoms with van der Waals surface area (Å²) in [5.74, 6) is -0.122. The Bertz CT molecular complexity index is 584. The molecule has 19 heavy (non-hydrogen) atoms. The first-order valence-corrected chi connectivity index (χ1v) is 6.89. The number of nitro benzene ring substituents is 1. The molecule has 9 heteroatoms. The molecule has 0 aliphatic rings. The number of nitro groups is 1. The van der Waals surface area contributed by atoms with Crippen molar-refractivity contribution in [2.24, 2.45) is 0 Å². The van der Waals surface area contributed by atoms with Crippen molar-refractivity contribution in [2.75, 3.05) is 12.3 Å². The minimum absolute atomic E-state index is 0.122. The zero-order chi connectivity index (χ0) is 14.6. The third-order valence-corrected chi connectivity index (χ3v) is 3.23. The summed E-state index contributed by atoms with van der Waals surface area (Å²) >= 11 is 0. The fraction of sp³-hybridized carbons (Fsp3) is 0.400. The SMILES string of the molecule is CCCCOc1cc(N)c(S(=O)(=O)O)cc1[N+](=O)[O-]. The van der Waals surface area contributed by atoms with Crippen LogP contribution in [-0.4, -0.2) is 24.5 Å². The quantitative estimate of drug-likeness (QED) is 0.267. The van der Waals surface area contributed by atoms with Crippen molar-refractivity contribution in [1.29, 1.82) is 0 Å². The van der Waals surface area contributed by atoms with E-state index in [-0.39, 0.29) is 18.0 Å². The molecule has 0 heterocycles. The lowest BCUT2D eigenvalue weighted by Crippen LogP contribution is -2.07. The molecule has 0 unspecified atom stereocenters. The number of ether oxygens (including phenoxy) is 1. The van der Waals surface area contributed by atoms with Crippen LogP contribution in [0.4, 0.5) is 11.4 Å². The fourth-order valence-corrected chi connectivity index (χ4v) is 1.99. The molecule has 3 N–H and O–H groups in total. The fourth-order valence-electron chi connectivity index (χ4n) is 1.37. The Labute approximate surface area is 110 Å². The zero-order valence-electron chi connectivity index (χ0n) is 10.2. The Hall–Kier alpha value is -1.87. The van der Waals surface area contributed by atoms with Crippen LogP contribution in [0.3, 0.4) is 0 Å². The number of anilines is 1. The highest BCUT2D eigenvalue weighted by Gasteiger charge is 2.24. The first-order valence-electron chi connectivity index (χ1n) is 5.45. The molecule has 0 radical (unpaired) electrons. The molecule has 1 aromatic carbocycles. The molecular formula is C10H14N2O6S. The van der Waals surface area contributed by atoms with Gasteiger partial charge in [0.1, 0.15) is 4.90 Å². The van der Waals surface area contributed by atoms with Crippen LogP contribution in [0, 0.1) is 10.1 Å². The normalized spacial score (nSPS) is 11.3. The van der Waals surface area contributed by atoms with Gasteiger partial charge in [-0.05, 0) is 6.42 Å². The minimum atomic E-state index is -4.62. The Balaban J connectivity index is 3.26. The highest BCUT2D eigenvalue weighted by atomic mass is 32.2. The van der Waals surface area contributed by atoms with E-state index in [1.165, 1.54) is 0 Å². The molecule has 1 rings (SSSR count). The van der Waals surface area contributed by atoms with Crippen molar-refractivity contribution in [1.82, 2.24) is 0 Å². The van der Waals surface area contributed by atoms with Crippen LogP contribution in [0.1, 0.15) is 19.8 Å². The maximum Gasteiger partial charge on any atom is 0.312 e. The number of rotatable bonds is 6. The van der Waals surface area contributed by atoms with E-state index in [9.17, 15) is 18.5 Å². The van der Waals surface area contributed by atoms with Gasteiger partial charge in [0.15, 0.2) is 5.75 Å². The second-order valence-corrected chi connectivity index (χ2v) is 5.18. The van der Waals surface area contributed by atoms with Crippen molar-refractivity contribution >= 4 is 21.5 Å². The van der Waals surface area contributed by atoms with Gasteiger partial charge in [-0.25, -0.2) is 0 Å². The molecule has 0 aliphatic heterocycles. The van der Waals surface area contributed by atoms with E-state index >= 15 is 0 Å². The van der Waals surface area contributed by atoms with Crippen molar-refractivity contribution in [3.63, 3.8) is 0 Å². The number of hydrogen-bond acceptors (Lipinski definition) is 6. The minimum Gasteiger partial charge on any atom is -0.487 e. The lowest BCUT2D eigenvalue weighted by molar-refractivity contribution is -0.386. The summed E-state index contributed by atoms with van der Waals surface area (Å²) in [6.45, 7) is 2.18. The lowest BCUT2D eigenvalue weighted by atomic mass is 10.2. The van der Waals surface area contributed by atoms with Gasteiger partial charge in [-0.15, -0.1) is 0 Å². The molecule has 0 bridgehead atoms.